The number of carbonyl (C=O) groups is 1. The monoisotopic (exact) mass is 542 g/mol. The summed E-state index contributed by atoms with van der Waals surface area (Å²) in [4.78, 5) is 28.6. The van der Waals surface area contributed by atoms with E-state index in [1.54, 1.807) is 0 Å². The summed E-state index contributed by atoms with van der Waals surface area (Å²) in [5, 5.41) is 7.08. The molecule has 1 fully saturated rings. The third-order valence-corrected chi connectivity index (χ3v) is 6.24. The van der Waals surface area contributed by atoms with E-state index in [1.807, 2.05) is 81.6 Å². The van der Waals surface area contributed by atoms with Gasteiger partial charge in [-0.05, 0) is 63.2 Å². The van der Waals surface area contributed by atoms with Crippen LogP contribution < -0.4 is 25.0 Å². The number of pyridine rings is 1. The summed E-state index contributed by atoms with van der Waals surface area (Å²) in [6, 6.07) is 17.2. The Morgan fingerprint density at radius 2 is 1.85 bits per heavy atom. The van der Waals surface area contributed by atoms with E-state index < -0.39 is 0 Å². The molecule has 2 aromatic heterocycles. The molecular weight excluding hydrogens is 508 g/mol. The lowest BCUT2D eigenvalue weighted by Crippen LogP contribution is -2.36. The second-order valence-electron chi connectivity index (χ2n) is 9.68. The van der Waals surface area contributed by atoms with E-state index in [0.29, 0.717) is 37.2 Å². The third-order valence-electron chi connectivity index (χ3n) is 6.24. The number of rotatable bonds is 10. The lowest BCUT2D eigenvalue weighted by Gasteiger charge is -2.27. The van der Waals surface area contributed by atoms with Gasteiger partial charge in [-0.15, -0.1) is 0 Å². The minimum absolute atomic E-state index is 0.0494. The van der Waals surface area contributed by atoms with Crippen LogP contribution in [0, 0.1) is 0 Å². The average Bonchev–Trinajstić information content (AvgIpc) is 2.97. The second-order valence-corrected chi connectivity index (χ2v) is 9.68. The molecule has 10 heteroatoms. The molecule has 1 amide bonds. The fourth-order valence-electron chi connectivity index (χ4n) is 4.40. The molecule has 40 heavy (non-hydrogen) atoms. The summed E-state index contributed by atoms with van der Waals surface area (Å²) in [5.41, 5.74) is 2.33. The van der Waals surface area contributed by atoms with E-state index in [4.69, 9.17) is 24.2 Å². The Morgan fingerprint density at radius 3 is 2.60 bits per heavy atom. The first-order chi connectivity index (χ1) is 19.5. The molecule has 3 heterocycles. The first-order valence-electron chi connectivity index (χ1n) is 13.5. The van der Waals surface area contributed by atoms with Crippen LogP contribution in [-0.2, 0) is 9.53 Å². The number of nitrogens with zero attached hydrogens (tertiary/aromatic N) is 4. The number of hydrogen-bond acceptors (Lipinski definition) is 9. The molecule has 0 bridgehead atoms. The van der Waals surface area contributed by atoms with Gasteiger partial charge in [-0.3, -0.25) is 4.79 Å². The highest BCUT2D eigenvalue weighted by atomic mass is 16.5. The van der Waals surface area contributed by atoms with Crippen LogP contribution in [0.4, 0.5) is 17.3 Å². The van der Waals surface area contributed by atoms with Gasteiger partial charge in [-0.2, -0.15) is 0 Å². The predicted octanol–water partition coefficient (Wildman–Crippen LogP) is 4.57. The van der Waals surface area contributed by atoms with Crippen LogP contribution >= 0.6 is 0 Å². The number of anilines is 3. The Hall–Kier alpha value is -4.44. The van der Waals surface area contributed by atoms with Crippen molar-refractivity contribution in [3.63, 3.8) is 0 Å². The van der Waals surface area contributed by atoms with E-state index in [1.165, 1.54) is 0 Å². The SMILES string of the molecule is CCOc1ccc2nc(-c3cccc(OCC(=O)NC(C)C)c3)nc(Nc3ccc(N4CCOCC4)nc3)c2c1. The van der Waals surface area contributed by atoms with Crippen molar-refractivity contribution in [2.75, 3.05) is 49.7 Å². The van der Waals surface area contributed by atoms with Crippen molar-refractivity contribution in [3.05, 3.63) is 60.8 Å². The van der Waals surface area contributed by atoms with E-state index in [-0.39, 0.29) is 18.6 Å². The number of carbonyl (C=O) groups excluding carboxylic acids is 1. The Labute approximate surface area is 233 Å². The summed E-state index contributed by atoms with van der Waals surface area (Å²) < 4.78 is 16.9. The number of amides is 1. The molecule has 0 radical (unpaired) electrons. The molecule has 0 spiro atoms. The van der Waals surface area contributed by atoms with Crippen molar-refractivity contribution < 1.29 is 19.0 Å². The van der Waals surface area contributed by atoms with Crippen LogP contribution in [0.3, 0.4) is 0 Å². The van der Waals surface area contributed by atoms with Crippen molar-refractivity contribution >= 4 is 34.1 Å². The smallest absolute Gasteiger partial charge is 0.258 e. The largest absolute Gasteiger partial charge is 0.494 e. The number of ether oxygens (including phenoxy) is 3. The van der Waals surface area contributed by atoms with E-state index in [0.717, 1.165) is 46.8 Å². The molecule has 1 saturated heterocycles. The number of benzene rings is 2. The summed E-state index contributed by atoms with van der Waals surface area (Å²) in [6.07, 6.45) is 1.81. The van der Waals surface area contributed by atoms with Crippen LogP contribution in [0.5, 0.6) is 11.5 Å². The summed E-state index contributed by atoms with van der Waals surface area (Å²) in [7, 11) is 0. The second kappa shape index (κ2) is 12.6. The maximum Gasteiger partial charge on any atom is 0.258 e. The van der Waals surface area contributed by atoms with Crippen LogP contribution in [0.1, 0.15) is 20.8 Å². The molecule has 2 N–H and O–H groups in total. The van der Waals surface area contributed by atoms with Gasteiger partial charge >= 0.3 is 0 Å². The molecule has 1 aliphatic heterocycles. The standard InChI is InChI=1S/C30H34N6O4/c1-4-39-24-9-10-26-25(17-24)30(33-22-8-11-27(31-18-22)36-12-14-38-15-13-36)35-29(34-26)21-6-5-7-23(16-21)40-19-28(37)32-20(2)3/h5-11,16-18,20H,4,12-15,19H2,1-3H3,(H,32,37)(H,33,34,35). The van der Waals surface area contributed by atoms with Crippen LogP contribution in [0.25, 0.3) is 22.3 Å². The molecule has 208 valence electrons. The molecule has 1 aliphatic rings. The van der Waals surface area contributed by atoms with Gasteiger partial charge in [0.05, 0.1) is 37.2 Å². The summed E-state index contributed by atoms with van der Waals surface area (Å²) in [5.74, 6) is 3.19. The Morgan fingerprint density at radius 1 is 1.02 bits per heavy atom. The number of morpholine rings is 1. The zero-order valence-corrected chi connectivity index (χ0v) is 23.0. The Kier molecular flexibility index (Phi) is 8.56. The highest BCUT2D eigenvalue weighted by Crippen LogP contribution is 2.31. The van der Waals surface area contributed by atoms with E-state index in [9.17, 15) is 4.79 Å². The minimum atomic E-state index is -0.174. The number of aromatic nitrogens is 3. The number of fused-ring (bicyclic) bond motifs is 1. The zero-order chi connectivity index (χ0) is 27.9. The summed E-state index contributed by atoms with van der Waals surface area (Å²) in [6.45, 7) is 9.32. The van der Waals surface area contributed by atoms with Crippen LogP contribution in [0.15, 0.2) is 60.8 Å². The van der Waals surface area contributed by atoms with Gasteiger partial charge in [0.15, 0.2) is 12.4 Å². The minimum Gasteiger partial charge on any atom is -0.494 e. The van der Waals surface area contributed by atoms with Crippen molar-refractivity contribution in [2.45, 2.75) is 26.8 Å². The average molecular weight is 543 g/mol. The van der Waals surface area contributed by atoms with Crippen LogP contribution in [0.2, 0.25) is 0 Å². The molecular formula is C30H34N6O4. The molecule has 2 aromatic carbocycles. The predicted molar refractivity (Wildman–Crippen MR) is 155 cm³/mol. The van der Waals surface area contributed by atoms with Gasteiger partial charge in [-0.1, -0.05) is 12.1 Å². The van der Waals surface area contributed by atoms with Crippen molar-refractivity contribution in [1.29, 1.82) is 0 Å². The number of nitrogens with one attached hydrogen (secondary N) is 2. The first-order valence-corrected chi connectivity index (χ1v) is 13.5. The van der Waals surface area contributed by atoms with E-state index in [2.05, 4.69) is 20.5 Å². The molecule has 4 aromatic rings. The van der Waals surface area contributed by atoms with Gasteiger partial charge in [0, 0.05) is 30.1 Å². The van der Waals surface area contributed by atoms with Gasteiger partial charge in [0.1, 0.15) is 23.1 Å². The maximum absolute atomic E-state index is 12.0. The Bertz CT molecular complexity index is 1450. The highest BCUT2D eigenvalue weighted by molar-refractivity contribution is 5.93. The fourth-order valence-corrected chi connectivity index (χ4v) is 4.40. The molecule has 0 atom stereocenters. The van der Waals surface area contributed by atoms with Crippen molar-refractivity contribution in [1.82, 2.24) is 20.3 Å². The molecule has 0 aliphatic carbocycles. The topological polar surface area (TPSA) is 111 Å². The first kappa shape index (κ1) is 27.1. The quantitative estimate of drug-likeness (QED) is 0.298. The Balaban J connectivity index is 1.44. The van der Waals surface area contributed by atoms with Gasteiger partial charge < -0.3 is 29.7 Å². The lowest BCUT2D eigenvalue weighted by molar-refractivity contribution is -0.123. The lowest BCUT2D eigenvalue weighted by atomic mass is 10.1. The summed E-state index contributed by atoms with van der Waals surface area (Å²) >= 11 is 0. The highest BCUT2D eigenvalue weighted by Gasteiger charge is 2.15. The molecule has 0 saturated carbocycles. The number of hydrogen-bond donors (Lipinski definition) is 2. The van der Waals surface area contributed by atoms with Crippen LogP contribution in [-0.4, -0.2) is 66.4 Å². The van der Waals surface area contributed by atoms with Gasteiger partial charge in [-0.25, -0.2) is 15.0 Å². The van der Waals surface area contributed by atoms with Gasteiger partial charge in [0.25, 0.3) is 5.91 Å². The molecule has 10 nitrogen and oxygen atoms in total. The maximum atomic E-state index is 12.0. The van der Waals surface area contributed by atoms with Gasteiger partial charge in [0.2, 0.25) is 0 Å². The normalized spacial score (nSPS) is 13.3. The molecule has 0 unspecified atom stereocenters. The van der Waals surface area contributed by atoms with Crippen molar-refractivity contribution in [2.24, 2.45) is 0 Å². The van der Waals surface area contributed by atoms with Crippen molar-refractivity contribution in [3.8, 4) is 22.9 Å². The van der Waals surface area contributed by atoms with E-state index >= 15 is 0 Å². The molecule has 5 rings (SSSR count). The third kappa shape index (κ3) is 6.76. The zero-order valence-electron chi connectivity index (χ0n) is 23.0. The fraction of sp³-hybridized carbons (Fsp3) is 0.333.